The summed E-state index contributed by atoms with van der Waals surface area (Å²) in [6.45, 7) is 5.84. The summed E-state index contributed by atoms with van der Waals surface area (Å²) in [6, 6.07) is 12.9. The Morgan fingerprint density at radius 3 is 2.15 bits per heavy atom. The van der Waals surface area contributed by atoms with Crippen LogP contribution in [0.4, 0.5) is 5.69 Å². The lowest BCUT2D eigenvalue weighted by Crippen LogP contribution is -2.43. The van der Waals surface area contributed by atoms with Gasteiger partial charge in [0, 0.05) is 50.1 Å². The molecule has 174 valence electrons. The van der Waals surface area contributed by atoms with Crippen LogP contribution in [0.25, 0.3) is 5.57 Å². The lowest BCUT2D eigenvalue weighted by atomic mass is 10.0. The second-order valence-corrected chi connectivity index (χ2v) is 8.06. The number of hydrogen-bond donors (Lipinski definition) is 1. The van der Waals surface area contributed by atoms with E-state index in [4.69, 9.17) is 14.2 Å². The molecule has 0 aliphatic carbocycles. The molecule has 0 aromatic heterocycles. The number of rotatable bonds is 8. The number of benzene rings is 2. The monoisotopic (exact) mass is 451 g/mol. The van der Waals surface area contributed by atoms with E-state index in [9.17, 15) is 9.59 Å². The lowest BCUT2D eigenvalue weighted by molar-refractivity contribution is -0.137. The van der Waals surface area contributed by atoms with Crippen molar-refractivity contribution in [3.63, 3.8) is 0 Å². The summed E-state index contributed by atoms with van der Waals surface area (Å²) < 4.78 is 16.1. The van der Waals surface area contributed by atoms with E-state index < -0.39 is 0 Å². The quantitative estimate of drug-likeness (QED) is 0.618. The van der Waals surface area contributed by atoms with Gasteiger partial charge in [0.1, 0.15) is 17.2 Å². The average molecular weight is 452 g/mol. The average Bonchev–Trinajstić information content (AvgIpc) is 3.07. The number of carbonyl (C=O) groups is 2. The van der Waals surface area contributed by atoms with E-state index in [0.717, 1.165) is 18.7 Å². The number of hydrogen-bond acceptors (Lipinski definition) is 7. The van der Waals surface area contributed by atoms with Crippen LogP contribution in [0.3, 0.4) is 0 Å². The highest BCUT2D eigenvalue weighted by Gasteiger charge is 2.39. The summed E-state index contributed by atoms with van der Waals surface area (Å²) in [6.07, 6.45) is 0. The van der Waals surface area contributed by atoms with Crippen molar-refractivity contribution in [1.29, 1.82) is 0 Å². The van der Waals surface area contributed by atoms with Crippen LogP contribution < -0.4 is 14.8 Å². The highest BCUT2D eigenvalue weighted by Crippen LogP contribution is 2.33. The Balaban J connectivity index is 1.65. The van der Waals surface area contributed by atoms with Crippen LogP contribution in [0.2, 0.25) is 0 Å². The predicted molar refractivity (Wildman–Crippen MR) is 125 cm³/mol. The van der Waals surface area contributed by atoms with E-state index in [1.165, 1.54) is 4.90 Å². The number of anilines is 1. The van der Waals surface area contributed by atoms with Gasteiger partial charge in [-0.3, -0.25) is 19.4 Å². The van der Waals surface area contributed by atoms with Crippen molar-refractivity contribution in [1.82, 2.24) is 9.80 Å². The molecule has 2 amide bonds. The number of morpholine rings is 1. The maximum atomic E-state index is 13.4. The van der Waals surface area contributed by atoms with Gasteiger partial charge in [0.2, 0.25) is 0 Å². The third-order valence-electron chi connectivity index (χ3n) is 5.87. The molecular formula is C25H29N3O5. The molecule has 1 saturated heterocycles. The molecule has 2 heterocycles. The molecule has 0 spiro atoms. The number of imide groups is 1. The van der Waals surface area contributed by atoms with Crippen LogP contribution >= 0.6 is 0 Å². The Bertz CT molecular complexity index is 1040. The summed E-state index contributed by atoms with van der Waals surface area (Å²) in [5.74, 6) is 0.519. The van der Waals surface area contributed by atoms with Gasteiger partial charge in [-0.2, -0.15) is 0 Å². The van der Waals surface area contributed by atoms with Gasteiger partial charge >= 0.3 is 0 Å². The molecule has 4 rings (SSSR count). The summed E-state index contributed by atoms with van der Waals surface area (Å²) in [4.78, 5) is 30.4. The van der Waals surface area contributed by atoms with E-state index in [1.54, 1.807) is 32.4 Å². The maximum Gasteiger partial charge on any atom is 0.278 e. The molecule has 8 heteroatoms. The van der Waals surface area contributed by atoms with Gasteiger partial charge in [-0.05, 0) is 12.5 Å². The topological polar surface area (TPSA) is 80.3 Å². The molecule has 8 nitrogen and oxygen atoms in total. The Kier molecular flexibility index (Phi) is 6.96. The van der Waals surface area contributed by atoms with Crippen molar-refractivity contribution in [2.24, 2.45) is 0 Å². The van der Waals surface area contributed by atoms with Gasteiger partial charge in [0.25, 0.3) is 11.8 Å². The minimum atomic E-state index is -0.342. The molecule has 1 N–H and O–H groups in total. The first-order valence-corrected chi connectivity index (χ1v) is 11.0. The second-order valence-electron chi connectivity index (χ2n) is 8.06. The number of nitrogens with zero attached hydrogens (tertiary/aromatic N) is 2. The predicted octanol–water partition coefficient (Wildman–Crippen LogP) is 2.54. The SMILES string of the molecule is COc1cc(NC2=C(c3ccc(C)cc3)C(=O)N(CCN3CCOCC3)C2=O)cc(OC)c1. The third-order valence-corrected chi connectivity index (χ3v) is 5.87. The first-order chi connectivity index (χ1) is 16.0. The summed E-state index contributed by atoms with van der Waals surface area (Å²) in [7, 11) is 3.13. The normalized spacial score (nSPS) is 17.0. The Morgan fingerprint density at radius 2 is 1.55 bits per heavy atom. The van der Waals surface area contributed by atoms with E-state index in [-0.39, 0.29) is 17.5 Å². The van der Waals surface area contributed by atoms with Crippen LogP contribution in [0, 0.1) is 6.92 Å². The number of amides is 2. The van der Waals surface area contributed by atoms with Gasteiger partial charge < -0.3 is 19.5 Å². The Labute approximate surface area is 193 Å². The maximum absolute atomic E-state index is 13.4. The minimum Gasteiger partial charge on any atom is -0.497 e. The third kappa shape index (κ3) is 5.02. The van der Waals surface area contributed by atoms with Crippen molar-refractivity contribution in [3.8, 4) is 11.5 Å². The summed E-state index contributed by atoms with van der Waals surface area (Å²) in [5, 5.41) is 3.18. The fraction of sp³-hybridized carbons (Fsp3) is 0.360. The molecule has 0 atom stereocenters. The Morgan fingerprint density at radius 1 is 0.909 bits per heavy atom. The molecule has 0 saturated carbocycles. The standard InChI is InChI=1S/C25H29N3O5/c1-17-4-6-18(7-5-17)22-23(26-19-14-20(31-2)16-21(15-19)32-3)25(30)28(24(22)29)9-8-27-10-12-33-13-11-27/h4-7,14-16,26H,8-13H2,1-3H3. The largest absolute Gasteiger partial charge is 0.497 e. The first-order valence-electron chi connectivity index (χ1n) is 11.0. The molecule has 0 radical (unpaired) electrons. The van der Waals surface area contributed by atoms with Crippen molar-refractivity contribution in [2.45, 2.75) is 6.92 Å². The van der Waals surface area contributed by atoms with Crippen LogP contribution in [0.5, 0.6) is 11.5 Å². The molecular weight excluding hydrogens is 422 g/mol. The number of nitrogens with one attached hydrogen (secondary N) is 1. The number of aryl methyl sites for hydroxylation is 1. The molecule has 33 heavy (non-hydrogen) atoms. The van der Waals surface area contributed by atoms with Crippen LogP contribution in [-0.2, 0) is 14.3 Å². The molecule has 1 fully saturated rings. The lowest BCUT2D eigenvalue weighted by Gasteiger charge is -2.28. The summed E-state index contributed by atoms with van der Waals surface area (Å²) in [5.41, 5.74) is 2.99. The van der Waals surface area contributed by atoms with Crippen molar-refractivity contribution < 1.29 is 23.8 Å². The van der Waals surface area contributed by atoms with Gasteiger partial charge in [-0.1, -0.05) is 29.8 Å². The van der Waals surface area contributed by atoms with Gasteiger partial charge in [0.05, 0.1) is 33.0 Å². The fourth-order valence-corrected chi connectivity index (χ4v) is 3.97. The zero-order valence-corrected chi connectivity index (χ0v) is 19.2. The van der Waals surface area contributed by atoms with Crippen LogP contribution in [0.1, 0.15) is 11.1 Å². The first kappa shape index (κ1) is 22.8. The second kappa shape index (κ2) is 10.1. The van der Waals surface area contributed by atoms with E-state index in [0.29, 0.717) is 54.6 Å². The number of methoxy groups -OCH3 is 2. The van der Waals surface area contributed by atoms with Crippen molar-refractivity contribution in [3.05, 3.63) is 59.3 Å². The fourth-order valence-electron chi connectivity index (χ4n) is 3.97. The van der Waals surface area contributed by atoms with Gasteiger partial charge in [0.15, 0.2) is 0 Å². The molecule has 0 bridgehead atoms. The molecule has 2 aromatic carbocycles. The highest BCUT2D eigenvalue weighted by molar-refractivity contribution is 6.36. The van der Waals surface area contributed by atoms with E-state index in [2.05, 4.69) is 10.2 Å². The van der Waals surface area contributed by atoms with E-state index >= 15 is 0 Å². The summed E-state index contributed by atoms with van der Waals surface area (Å²) >= 11 is 0. The van der Waals surface area contributed by atoms with Crippen molar-refractivity contribution >= 4 is 23.1 Å². The molecule has 2 aromatic rings. The minimum absolute atomic E-state index is 0.251. The molecule has 2 aliphatic heterocycles. The Hall–Kier alpha value is -3.36. The number of ether oxygens (including phenoxy) is 3. The number of carbonyl (C=O) groups excluding carboxylic acids is 2. The van der Waals surface area contributed by atoms with E-state index in [1.807, 2.05) is 31.2 Å². The van der Waals surface area contributed by atoms with Gasteiger partial charge in [-0.25, -0.2) is 0 Å². The zero-order chi connectivity index (χ0) is 23.4. The molecule has 2 aliphatic rings. The van der Waals surface area contributed by atoms with Crippen LogP contribution in [0.15, 0.2) is 48.2 Å². The van der Waals surface area contributed by atoms with Crippen LogP contribution in [-0.4, -0.2) is 75.2 Å². The smallest absolute Gasteiger partial charge is 0.278 e. The highest BCUT2D eigenvalue weighted by atomic mass is 16.5. The zero-order valence-electron chi connectivity index (χ0n) is 19.2. The molecule has 0 unspecified atom stereocenters. The van der Waals surface area contributed by atoms with Crippen molar-refractivity contribution in [2.75, 3.05) is 58.9 Å². The van der Waals surface area contributed by atoms with Gasteiger partial charge in [-0.15, -0.1) is 0 Å².